The fourth-order valence-corrected chi connectivity index (χ4v) is 1.31. The summed E-state index contributed by atoms with van der Waals surface area (Å²) in [5.74, 6) is 0.0693. The maximum atomic E-state index is 10.5. The number of likely N-dealkylation sites (tertiary alicyclic amines) is 1. The van der Waals surface area contributed by atoms with Crippen LogP contribution in [0, 0.1) is 5.92 Å². The maximum Gasteiger partial charge on any atom is 0.407 e. The molecule has 11 heavy (non-hydrogen) atoms. The summed E-state index contributed by atoms with van der Waals surface area (Å²) in [6.45, 7) is 2.77. The zero-order valence-corrected chi connectivity index (χ0v) is 6.53. The van der Waals surface area contributed by atoms with E-state index in [4.69, 9.17) is 5.11 Å². The van der Waals surface area contributed by atoms with Gasteiger partial charge in [0.25, 0.3) is 0 Å². The van der Waals surface area contributed by atoms with Gasteiger partial charge in [0.2, 0.25) is 0 Å². The van der Waals surface area contributed by atoms with Crippen molar-refractivity contribution in [3.8, 4) is 0 Å². The van der Waals surface area contributed by atoms with Crippen molar-refractivity contribution in [3.05, 3.63) is 0 Å². The first-order valence-corrected chi connectivity index (χ1v) is 3.77. The maximum absolute atomic E-state index is 10.5. The number of carbonyl (C=O) groups is 1. The van der Waals surface area contributed by atoms with Gasteiger partial charge >= 0.3 is 6.09 Å². The van der Waals surface area contributed by atoms with E-state index in [0.717, 1.165) is 0 Å². The summed E-state index contributed by atoms with van der Waals surface area (Å²) in [7, 11) is 0. The smallest absolute Gasteiger partial charge is 0.407 e. The molecule has 0 aromatic rings. The van der Waals surface area contributed by atoms with E-state index in [-0.39, 0.29) is 12.0 Å². The van der Waals surface area contributed by atoms with Gasteiger partial charge in [0.15, 0.2) is 0 Å². The molecule has 2 atom stereocenters. The van der Waals surface area contributed by atoms with Crippen LogP contribution in [0.15, 0.2) is 0 Å². The summed E-state index contributed by atoms with van der Waals surface area (Å²) in [5.41, 5.74) is 0. The van der Waals surface area contributed by atoms with Crippen molar-refractivity contribution in [1.82, 2.24) is 4.90 Å². The molecule has 1 fully saturated rings. The van der Waals surface area contributed by atoms with Gasteiger partial charge in [0, 0.05) is 13.1 Å². The molecule has 4 nitrogen and oxygen atoms in total. The van der Waals surface area contributed by atoms with Crippen molar-refractivity contribution < 1.29 is 15.0 Å². The molecule has 1 rings (SSSR count). The lowest BCUT2D eigenvalue weighted by Gasteiger charge is -2.32. The first kappa shape index (κ1) is 8.33. The normalized spacial score (nSPS) is 32.0. The van der Waals surface area contributed by atoms with Crippen molar-refractivity contribution in [3.63, 3.8) is 0 Å². The van der Waals surface area contributed by atoms with E-state index in [2.05, 4.69) is 0 Å². The van der Waals surface area contributed by atoms with Crippen LogP contribution in [0.3, 0.4) is 0 Å². The Kier molecular flexibility index (Phi) is 2.34. The van der Waals surface area contributed by atoms with Gasteiger partial charge in [-0.05, 0) is 12.3 Å². The monoisotopic (exact) mass is 159 g/mol. The Bertz CT molecular complexity index is 160. The molecule has 1 heterocycles. The van der Waals surface area contributed by atoms with Crippen molar-refractivity contribution in [2.24, 2.45) is 5.92 Å². The highest BCUT2D eigenvalue weighted by atomic mass is 16.4. The fourth-order valence-electron chi connectivity index (χ4n) is 1.31. The van der Waals surface area contributed by atoms with E-state index in [1.54, 1.807) is 0 Å². The minimum atomic E-state index is -0.885. The summed E-state index contributed by atoms with van der Waals surface area (Å²) in [6.07, 6.45) is -0.651. The molecule has 0 aliphatic carbocycles. The average Bonchev–Trinajstić information content (AvgIpc) is 1.94. The fraction of sp³-hybridized carbons (Fsp3) is 0.857. The predicted octanol–water partition coefficient (Wildman–Crippen LogP) is 0.367. The molecule has 1 aliphatic heterocycles. The third-order valence-corrected chi connectivity index (χ3v) is 2.13. The van der Waals surface area contributed by atoms with Crippen molar-refractivity contribution >= 4 is 6.09 Å². The Balaban J connectivity index is 2.46. The molecule has 0 bridgehead atoms. The summed E-state index contributed by atoms with van der Waals surface area (Å²) < 4.78 is 0. The standard InChI is InChI=1S/C7H13NO3/c1-5-4-8(7(10)11)3-2-6(5)9/h5-6,9H,2-4H2,1H3,(H,10,11). The van der Waals surface area contributed by atoms with Crippen LogP contribution in [0.1, 0.15) is 13.3 Å². The number of amides is 1. The molecule has 2 N–H and O–H groups in total. The number of carboxylic acid groups (broad SMARTS) is 1. The lowest BCUT2D eigenvalue weighted by atomic mass is 9.97. The highest BCUT2D eigenvalue weighted by molar-refractivity contribution is 5.65. The van der Waals surface area contributed by atoms with E-state index in [1.807, 2.05) is 6.92 Å². The van der Waals surface area contributed by atoms with Gasteiger partial charge in [-0.15, -0.1) is 0 Å². The van der Waals surface area contributed by atoms with Gasteiger partial charge in [-0.3, -0.25) is 0 Å². The van der Waals surface area contributed by atoms with Crippen LogP contribution in [-0.2, 0) is 0 Å². The van der Waals surface area contributed by atoms with Crippen molar-refractivity contribution in [2.45, 2.75) is 19.4 Å². The number of hydrogen-bond donors (Lipinski definition) is 2. The van der Waals surface area contributed by atoms with Crippen LogP contribution in [0.5, 0.6) is 0 Å². The molecule has 2 unspecified atom stereocenters. The molecule has 1 amide bonds. The second kappa shape index (κ2) is 3.09. The lowest BCUT2D eigenvalue weighted by Crippen LogP contribution is -2.44. The first-order valence-electron chi connectivity index (χ1n) is 3.77. The number of rotatable bonds is 0. The van der Waals surface area contributed by atoms with Gasteiger partial charge < -0.3 is 15.1 Å². The Labute approximate surface area is 65.4 Å². The van der Waals surface area contributed by atoms with E-state index >= 15 is 0 Å². The summed E-state index contributed by atoms with van der Waals surface area (Å²) in [4.78, 5) is 11.8. The molecule has 0 spiro atoms. The van der Waals surface area contributed by atoms with Crippen LogP contribution >= 0.6 is 0 Å². The van der Waals surface area contributed by atoms with Crippen LogP contribution in [0.2, 0.25) is 0 Å². The molecule has 64 valence electrons. The molecular formula is C7H13NO3. The SMILES string of the molecule is CC1CN(C(=O)O)CCC1O. The molecule has 1 saturated heterocycles. The lowest BCUT2D eigenvalue weighted by molar-refractivity contribution is 0.0370. The first-order chi connectivity index (χ1) is 5.11. The quantitative estimate of drug-likeness (QED) is 0.536. The zero-order valence-electron chi connectivity index (χ0n) is 6.53. The van der Waals surface area contributed by atoms with E-state index in [1.165, 1.54) is 4.90 Å². The van der Waals surface area contributed by atoms with E-state index in [9.17, 15) is 9.90 Å². The number of aliphatic hydroxyl groups excluding tert-OH is 1. The zero-order chi connectivity index (χ0) is 8.43. The van der Waals surface area contributed by atoms with Crippen molar-refractivity contribution in [2.75, 3.05) is 13.1 Å². The third kappa shape index (κ3) is 1.83. The predicted molar refractivity (Wildman–Crippen MR) is 39.4 cm³/mol. The number of nitrogens with zero attached hydrogens (tertiary/aromatic N) is 1. The number of piperidine rings is 1. The highest BCUT2D eigenvalue weighted by Crippen LogP contribution is 2.15. The molecule has 0 radical (unpaired) electrons. The molecule has 4 heteroatoms. The van der Waals surface area contributed by atoms with Crippen molar-refractivity contribution in [1.29, 1.82) is 0 Å². The van der Waals surface area contributed by atoms with Gasteiger partial charge in [-0.25, -0.2) is 4.79 Å². The summed E-state index contributed by atoms with van der Waals surface area (Å²) in [5, 5.41) is 17.8. The van der Waals surface area contributed by atoms with Crippen LogP contribution in [0.4, 0.5) is 4.79 Å². The van der Waals surface area contributed by atoms with E-state index in [0.29, 0.717) is 19.5 Å². The molecule has 0 saturated carbocycles. The average molecular weight is 159 g/mol. The second-order valence-corrected chi connectivity index (χ2v) is 3.06. The minimum absolute atomic E-state index is 0.0693. The number of hydrogen-bond acceptors (Lipinski definition) is 2. The topological polar surface area (TPSA) is 60.8 Å². The largest absolute Gasteiger partial charge is 0.465 e. The van der Waals surface area contributed by atoms with E-state index < -0.39 is 6.09 Å². The molecular weight excluding hydrogens is 146 g/mol. The molecule has 0 aromatic carbocycles. The Morgan fingerprint density at radius 3 is 2.73 bits per heavy atom. The Hall–Kier alpha value is -0.770. The summed E-state index contributed by atoms with van der Waals surface area (Å²) >= 11 is 0. The minimum Gasteiger partial charge on any atom is -0.465 e. The highest BCUT2D eigenvalue weighted by Gasteiger charge is 2.26. The van der Waals surface area contributed by atoms with Gasteiger partial charge in [-0.2, -0.15) is 0 Å². The van der Waals surface area contributed by atoms with Crippen LogP contribution in [-0.4, -0.2) is 40.4 Å². The number of aliphatic hydroxyl groups is 1. The van der Waals surface area contributed by atoms with Crippen LogP contribution < -0.4 is 0 Å². The van der Waals surface area contributed by atoms with Crippen LogP contribution in [0.25, 0.3) is 0 Å². The second-order valence-electron chi connectivity index (χ2n) is 3.06. The molecule has 1 aliphatic rings. The van der Waals surface area contributed by atoms with Gasteiger partial charge in [0.1, 0.15) is 0 Å². The Morgan fingerprint density at radius 1 is 1.64 bits per heavy atom. The summed E-state index contributed by atoms with van der Waals surface area (Å²) in [6, 6.07) is 0. The van der Waals surface area contributed by atoms with Gasteiger partial charge in [0.05, 0.1) is 6.10 Å². The van der Waals surface area contributed by atoms with Gasteiger partial charge in [-0.1, -0.05) is 6.92 Å². The Morgan fingerprint density at radius 2 is 2.27 bits per heavy atom. The third-order valence-electron chi connectivity index (χ3n) is 2.13. The molecule has 0 aromatic heterocycles.